The molecule has 0 unspecified atom stereocenters. The zero-order chi connectivity index (χ0) is 15.5. The number of carbonyl (C=O) groups is 1. The van der Waals surface area contributed by atoms with Crippen molar-refractivity contribution in [3.63, 3.8) is 0 Å². The number of anilines is 3. The van der Waals surface area contributed by atoms with Crippen LogP contribution in [0.15, 0.2) is 48.5 Å². The number of carbonyl (C=O) groups excluding carboxylic acids is 1. The molecular formula is C17H19FN2O. The minimum Gasteiger partial charge on any atom is -0.356 e. The van der Waals surface area contributed by atoms with Crippen LogP contribution in [0.2, 0.25) is 0 Å². The van der Waals surface area contributed by atoms with Crippen molar-refractivity contribution in [1.29, 1.82) is 0 Å². The number of benzene rings is 2. The Kier molecular flexibility index (Phi) is 4.26. The lowest BCUT2D eigenvalue weighted by Gasteiger charge is -2.17. The Bertz CT molecular complexity index is 613. The van der Waals surface area contributed by atoms with Crippen molar-refractivity contribution in [3.8, 4) is 0 Å². The van der Waals surface area contributed by atoms with Crippen LogP contribution in [0.3, 0.4) is 0 Å². The number of hydrogen-bond acceptors (Lipinski definition) is 2. The molecule has 0 atom stereocenters. The maximum absolute atomic E-state index is 12.8. The smallest absolute Gasteiger partial charge is 0.229 e. The molecule has 0 spiro atoms. The van der Waals surface area contributed by atoms with E-state index in [9.17, 15) is 9.18 Å². The average Bonchev–Trinajstić information content (AvgIpc) is 2.42. The zero-order valence-corrected chi connectivity index (χ0v) is 12.4. The van der Waals surface area contributed by atoms with Gasteiger partial charge < -0.3 is 10.6 Å². The van der Waals surface area contributed by atoms with E-state index in [1.54, 1.807) is 12.1 Å². The average molecular weight is 286 g/mol. The molecule has 2 aromatic carbocycles. The molecule has 2 N–H and O–H groups in total. The normalized spacial score (nSPS) is 11.0. The second-order valence-corrected chi connectivity index (χ2v) is 5.91. The van der Waals surface area contributed by atoms with Gasteiger partial charge in [0.2, 0.25) is 5.91 Å². The molecule has 0 saturated heterocycles. The monoisotopic (exact) mass is 286 g/mol. The van der Waals surface area contributed by atoms with Gasteiger partial charge in [0, 0.05) is 22.5 Å². The first kappa shape index (κ1) is 15.0. The summed E-state index contributed by atoms with van der Waals surface area (Å²) in [6.07, 6.45) is 0. The molecule has 110 valence electrons. The standard InChI is InChI=1S/C17H19FN2O/c1-17(2,3)16(21)20-15-10-8-14(9-11-15)19-13-6-4-12(18)5-7-13/h4-11,19H,1-3H3,(H,20,21). The molecular weight excluding hydrogens is 267 g/mol. The van der Waals surface area contributed by atoms with Crippen LogP contribution < -0.4 is 10.6 Å². The van der Waals surface area contributed by atoms with E-state index in [2.05, 4.69) is 10.6 Å². The predicted octanol–water partition coefficient (Wildman–Crippen LogP) is 4.55. The molecule has 0 aromatic heterocycles. The summed E-state index contributed by atoms with van der Waals surface area (Å²) in [5.74, 6) is -0.289. The fraction of sp³-hybridized carbons (Fsp3) is 0.235. The number of amides is 1. The summed E-state index contributed by atoms with van der Waals surface area (Å²) >= 11 is 0. The molecule has 0 saturated carbocycles. The first-order valence-corrected chi connectivity index (χ1v) is 6.79. The summed E-state index contributed by atoms with van der Waals surface area (Å²) in [5, 5.41) is 6.03. The summed E-state index contributed by atoms with van der Waals surface area (Å²) < 4.78 is 12.8. The number of rotatable bonds is 3. The maximum Gasteiger partial charge on any atom is 0.229 e. The highest BCUT2D eigenvalue weighted by Gasteiger charge is 2.20. The second kappa shape index (κ2) is 5.95. The molecule has 4 heteroatoms. The highest BCUT2D eigenvalue weighted by molar-refractivity contribution is 5.94. The molecule has 2 rings (SSSR count). The fourth-order valence-electron chi connectivity index (χ4n) is 1.66. The van der Waals surface area contributed by atoms with Gasteiger partial charge in [-0.15, -0.1) is 0 Å². The van der Waals surface area contributed by atoms with Crippen LogP contribution in [0.5, 0.6) is 0 Å². The van der Waals surface area contributed by atoms with Crippen LogP contribution >= 0.6 is 0 Å². The minimum atomic E-state index is -0.426. The van der Waals surface area contributed by atoms with Gasteiger partial charge in [-0.2, -0.15) is 0 Å². The van der Waals surface area contributed by atoms with E-state index in [-0.39, 0.29) is 11.7 Å². The van der Waals surface area contributed by atoms with Gasteiger partial charge in [-0.1, -0.05) is 20.8 Å². The fourth-order valence-corrected chi connectivity index (χ4v) is 1.66. The number of hydrogen-bond donors (Lipinski definition) is 2. The summed E-state index contributed by atoms with van der Waals surface area (Å²) in [7, 11) is 0. The van der Waals surface area contributed by atoms with E-state index in [0.717, 1.165) is 17.1 Å². The van der Waals surface area contributed by atoms with E-state index in [4.69, 9.17) is 0 Å². The maximum atomic E-state index is 12.8. The van der Waals surface area contributed by atoms with Gasteiger partial charge in [-0.05, 0) is 48.5 Å². The SMILES string of the molecule is CC(C)(C)C(=O)Nc1ccc(Nc2ccc(F)cc2)cc1. The van der Waals surface area contributed by atoms with Crippen LogP contribution in [0, 0.1) is 11.2 Å². The zero-order valence-electron chi connectivity index (χ0n) is 12.4. The molecule has 2 aromatic rings. The van der Waals surface area contributed by atoms with Gasteiger partial charge in [0.05, 0.1) is 0 Å². The molecule has 0 radical (unpaired) electrons. The van der Waals surface area contributed by atoms with Crippen molar-refractivity contribution in [2.45, 2.75) is 20.8 Å². The topological polar surface area (TPSA) is 41.1 Å². The highest BCUT2D eigenvalue weighted by Crippen LogP contribution is 2.21. The lowest BCUT2D eigenvalue weighted by molar-refractivity contribution is -0.123. The summed E-state index contributed by atoms with van der Waals surface area (Å²) in [6.45, 7) is 5.60. The largest absolute Gasteiger partial charge is 0.356 e. The van der Waals surface area contributed by atoms with Gasteiger partial charge in [-0.25, -0.2) is 4.39 Å². The molecule has 0 aliphatic rings. The molecule has 0 aliphatic carbocycles. The van der Waals surface area contributed by atoms with Crippen LogP contribution in [0.1, 0.15) is 20.8 Å². The Morgan fingerprint density at radius 1 is 0.857 bits per heavy atom. The van der Waals surface area contributed by atoms with E-state index >= 15 is 0 Å². The van der Waals surface area contributed by atoms with Gasteiger partial charge >= 0.3 is 0 Å². The third-order valence-corrected chi connectivity index (χ3v) is 2.96. The molecule has 0 bridgehead atoms. The van der Waals surface area contributed by atoms with Crippen molar-refractivity contribution in [2.75, 3.05) is 10.6 Å². The van der Waals surface area contributed by atoms with Crippen LogP contribution in [0.25, 0.3) is 0 Å². The summed E-state index contributed by atoms with van der Waals surface area (Å²) in [6, 6.07) is 13.5. The first-order valence-electron chi connectivity index (χ1n) is 6.79. The molecule has 3 nitrogen and oxygen atoms in total. The van der Waals surface area contributed by atoms with Crippen LogP contribution in [-0.2, 0) is 4.79 Å². The Labute approximate surface area is 124 Å². The quantitative estimate of drug-likeness (QED) is 0.868. The van der Waals surface area contributed by atoms with Gasteiger partial charge in [-0.3, -0.25) is 4.79 Å². The lowest BCUT2D eigenvalue weighted by Crippen LogP contribution is -2.27. The molecule has 0 heterocycles. The number of nitrogens with one attached hydrogen (secondary N) is 2. The third kappa shape index (κ3) is 4.31. The minimum absolute atomic E-state index is 0.0262. The predicted molar refractivity (Wildman–Crippen MR) is 84.2 cm³/mol. The second-order valence-electron chi connectivity index (χ2n) is 5.91. The van der Waals surface area contributed by atoms with E-state index in [1.165, 1.54) is 12.1 Å². The van der Waals surface area contributed by atoms with Crippen LogP contribution in [0.4, 0.5) is 21.5 Å². The summed E-state index contributed by atoms with van der Waals surface area (Å²) in [5.41, 5.74) is 2.00. The Morgan fingerprint density at radius 3 is 1.76 bits per heavy atom. The van der Waals surface area contributed by atoms with Crippen molar-refractivity contribution in [1.82, 2.24) is 0 Å². The third-order valence-electron chi connectivity index (χ3n) is 2.96. The summed E-state index contributed by atoms with van der Waals surface area (Å²) in [4.78, 5) is 11.9. The van der Waals surface area contributed by atoms with Gasteiger partial charge in [0.25, 0.3) is 0 Å². The first-order chi connectivity index (χ1) is 9.84. The molecule has 1 amide bonds. The molecule has 21 heavy (non-hydrogen) atoms. The Hall–Kier alpha value is -2.36. The Morgan fingerprint density at radius 2 is 1.29 bits per heavy atom. The molecule has 0 aliphatic heterocycles. The lowest BCUT2D eigenvalue weighted by atomic mass is 9.95. The van der Waals surface area contributed by atoms with Gasteiger partial charge in [0.15, 0.2) is 0 Å². The Balaban J connectivity index is 2.02. The van der Waals surface area contributed by atoms with Gasteiger partial charge in [0.1, 0.15) is 5.82 Å². The van der Waals surface area contributed by atoms with E-state index in [0.29, 0.717) is 0 Å². The van der Waals surface area contributed by atoms with Crippen molar-refractivity contribution >= 4 is 23.0 Å². The van der Waals surface area contributed by atoms with Crippen LogP contribution in [-0.4, -0.2) is 5.91 Å². The van der Waals surface area contributed by atoms with Crippen molar-refractivity contribution in [2.24, 2.45) is 5.41 Å². The van der Waals surface area contributed by atoms with E-state index in [1.807, 2.05) is 45.0 Å². The number of halogens is 1. The highest BCUT2D eigenvalue weighted by atomic mass is 19.1. The van der Waals surface area contributed by atoms with Crippen molar-refractivity contribution in [3.05, 3.63) is 54.3 Å². The molecule has 0 fully saturated rings. The van der Waals surface area contributed by atoms with Crippen molar-refractivity contribution < 1.29 is 9.18 Å². The van der Waals surface area contributed by atoms with E-state index < -0.39 is 5.41 Å².